The van der Waals surface area contributed by atoms with E-state index in [2.05, 4.69) is 19.2 Å². The SMILES string of the molecule is CCCOc1cc(N)cc(NCC(CCC)CCO)c1. The zero-order valence-electron chi connectivity index (χ0n) is 12.7. The molecule has 0 fully saturated rings. The molecule has 4 N–H and O–H groups in total. The van der Waals surface area contributed by atoms with Crippen molar-refractivity contribution in [1.82, 2.24) is 0 Å². The molecule has 114 valence electrons. The highest BCUT2D eigenvalue weighted by Gasteiger charge is 2.07. The number of nitrogens with one attached hydrogen (secondary N) is 1. The molecule has 1 atom stereocenters. The molecule has 20 heavy (non-hydrogen) atoms. The van der Waals surface area contributed by atoms with Gasteiger partial charge in [0.05, 0.1) is 6.61 Å². The largest absolute Gasteiger partial charge is 0.493 e. The first-order valence-electron chi connectivity index (χ1n) is 7.57. The van der Waals surface area contributed by atoms with Crippen LogP contribution < -0.4 is 15.8 Å². The lowest BCUT2D eigenvalue weighted by atomic mass is 10.00. The second kappa shape index (κ2) is 9.48. The Morgan fingerprint density at radius 1 is 1.20 bits per heavy atom. The van der Waals surface area contributed by atoms with Gasteiger partial charge in [0.2, 0.25) is 0 Å². The van der Waals surface area contributed by atoms with Gasteiger partial charge in [0.1, 0.15) is 5.75 Å². The van der Waals surface area contributed by atoms with Crippen LogP contribution in [0.3, 0.4) is 0 Å². The summed E-state index contributed by atoms with van der Waals surface area (Å²) in [4.78, 5) is 0. The highest BCUT2D eigenvalue weighted by Crippen LogP contribution is 2.23. The number of hydrogen-bond acceptors (Lipinski definition) is 4. The van der Waals surface area contributed by atoms with Crippen LogP contribution in [0.15, 0.2) is 18.2 Å². The normalized spacial score (nSPS) is 12.2. The van der Waals surface area contributed by atoms with Gasteiger partial charge in [0.25, 0.3) is 0 Å². The van der Waals surface area contributed by atoms with E-state index in [9.17, 15) is 0 Å². The van der Waals surface area contributed by atoms with Gasteiger partial charge in [-0.2, -0.15) is 0 Å². The molecule has 0 aliphatic rings. The van der Waals surface area contributed by atoms with Gasteiger partial charge in [0, 0.05) is 36.7 Å². The zero-order valence-corrected chi connectivity index (χ0v) is 12.7. The number of aliphatic hydroxyl groups is 1. The highest BCUT2D eigenvalue weighted by molar-refractivity contribution is 5.59. The molecule has 1 unspecified atom stereocenters. The van der Waals surface area contributed by atoms with Crippen molar-refractivity contribution in [2.75, 3.05) is 30.8 Å². The zero-order chi connectivity index (χ0) is 14.8. The fraction of sp³-hybridized carbons (Fsp3) is 0.625. The van der Waals surface area contributed by atoms with E-state index >= 15 is 0 Å². The van der Waals surface area contributed by atoms with E-state index in [-0.39, 0.29) is 6.61 Å². The molecular weight excluding hydrogens is 252 g/mol. The molecule has 0 saturated heterocycles. The van der Waals surface area contributed by atoms with Crippen LogP contribution in [0.4, 0.5) is 11.4 Å². The highest BCUT2D eigenvalue weighted by atomic mass is 16.5. The third-order valence-corrected chi connectivity index (χ3v) is 3.23. The summed E-state index contributed by atoms with van der Waals surface area (Å²) in [7, 11) is 0. The maximum atomic E-state index is 9.08. The van der Waals surface area contributed by atoms with Crippen molar-refractivity contribution in [1.29, 1.82) is 0 Å². The maximum absolute atomic E-state index is 9.08. The third-order valence-electron chi connectivity index (χ3n) is 3.23. The lowest BCUT2D eigenvalue weighted by Crippen LogP contribution is -2.15. The van der Waals surface area contributed by atoms with Crippen LogP contribution >= 0.6 is 0 Å². The van der Waals surface area contributed by atoms with Gasteiger partial charge in [-0.15, -0.1) is 0 Å². The van der Waals surface area contributed by atoms with E-state index < -0.39 is 0 Å². The Balaban J connectivity index is 2.59. The van der Waals surface area contributed by atoms with Gasteiger partial charge < -0.3 is 20.9 Å². The molecule has 0 amide bonds. The van der Waals surface area contributed by atoms with E-state index in [1.807, 2.05) is 18.2 Å². The van der Waals surface area contributed by atoms with E-state index in [4.69, 9.17) is 15.6 Å². The smallest absolute Gasteiger partial charge is 0.123 e. The predicted octanol–water partition coefficient (Wildman–Crippen LogP) is 3.27. The number of ether oxygens (including phenoxy) is 1. The predicted molar refractivity (Wildman–Crippen MR) is 85.2 cm³/mol. The topological polar surface area (TPSA) is 67.5 Å². The van der Waals surface area contributed by atoms with Crippen molar-refractivity contribution in [3.05, 3.63) is 18.2 Å². The van der Waals surface area contributed by atoms with E-state index in [0.29, 0.717) is 18.2 Å². The van der Waals surface area contributed by atoms with Crippen LogP contribution in [-0.4, -0.2) is 24.9 Å². The maximum Gasteiger partial charge on any atom is 0.123 e. The van der Waals surface area contributed by atoms with E-state index in [0.717, 1.165) is 43.7 Å². The fourth-order valence-electron chi connectivity index (χ4n) is 2.23. The molecule has 0 spiro atoms. The van der Waals surface area contributed by atoms with Crippen molar-refractivity contribution < 1.29 is 9.84 Å². The molecule has 0 bridgehead atoms. The van der Waals surface area contributed by atoms with Crippen molar-refractivity contribution in [2.45, 2.75) is 39.5 Å². The van der Waals surface area contributed by atoms with Crippen LogP contribution in [0.25, 0.3) is 0 Å². The molecule has 1 aromatic rings. The van der Waals surface area contributed by atoms with Gasteiger partial charge in [-0.05, 0) is 31.2 Å². The molecule has 0 aromatic heterocycles. The van der Waals surface area contributed by atoms with Gasteiger partial charge >= 0.3 is 0 Å². The second-order valence-electron chi connectivity index (χ2n) is 5.19. The Morgan fingerprint density at radius 3 is 2.65 bits per heavy atom. The minimum Gasteiger partial charge on any atom is -0.493 e. The van der Waals surface area contributed by atoms with Gasteiger partial charge in [-0.25, -0.2) is 0 Å². The fourth-order valence-corrected chi connectivity index (χ4v) is 2.23. The monoisotopic (exact) mass is 280 g/mol. The number of benzene rings is 1. The molecular formula is C16H28N2O2. The lowest BCUT2D eigenvalue weighted by molar-refractivity contribution is 0.255. The first-order chi connectivity index (χ1) is 9.69. The summed E-state index contributed by atoms with van der Waals surface area (Å²) in [6, 6.07) is 5.74. The first-order valence-corrected chi connectivity index (χ1v) is 7.57. The average molecular weight is 280 g/mol. The summed E-state index contributed by atoms with van der Waals surface area (Å²) in [6.07, 6.45) is 4.07. The van der Waals surface area contributed by atoms with Crippen LogP contribution in [0.2, 0.25) is 0 Å². The molecule has 4 nitrogen and oxygen atoms in total. The van der Waals surface area contributed by atoms with Crippen molar-refractivity contribution >= 4 is 11.4 Å². The standard InChI is InChI=1S/C16H28N2O2/c1-3-5-13(6-7-19)12-18-15-9-14(17)10-16(11-15)20-8-4-2/h9-11,13,18-19H,3-8,12,17H2,1-2H3. The van der Waals surface area contributed by atoms with Gasteiger partial charge in [-0.3, -0.25) is 0 Å². The molecule has 0 aliphatic carbocycles. The van der Waals surface area contributed by atoms with Crippen molar-refractivity contribution in [2.24, 2.45) is 5.92 Å². The Bertz CT molecular complexity index is 377. The first kappa shape index (κ1) is 16.6. The number of hydrogen-bond donors (Lipinski definition) is 3. The van der Waals surface area contributed by atoms with Crippen molar-refractivity contribution in [3.63, 3.8) is 0 Å². The minimum absolute atomic E-state index is 0.244. The van der Waals surface area contributed by atoms with Gasteiger partial charge in [0.15, 0.2) is 0 Å². The van der Waals surface area contributed by atoms with Crippen LogP contribution in [0.1, 0.15) is 39.5 Å². The Kier molecular flexibility index (Phi) is 7.88. The second-order valence-corrected chi connectivity index (χ2v) is 5.19. The van der Waals surface area contributed by atoms with E-state index in [1.165, 1.54) is 0 Å². The van der Waals surface area contributed by atoms with Crippen molar-refractivity contribution in [3.8, 4) is 5.75 Å². The molecule has 1 rings (SSSR count). The molecule has 0 radical (unpaired) electrons. The summed E-state index contributed by atoms with van der Waals surface area (Å²) >= 11 is 0. The average Bonchev–Trinajstić information content (AvgIpc) is 2.42. The van der Waals surface area contributed by atoms with Crippen LogP contribution in [-0.2, 0) is 0 Å². The quantitative estimate of drug-likeness (QED) is 0.575. The Morgan fingerprint density at radius 2 is 2.00 bits per heavy atom. The molecule has 0 aliphatic heterocycles. The summed E-state index contributed by atoms with van der Waals surface area (Å²) < 4.78 is 5.62. The third kappa shape index (κ3) is 6.15. The Labute approximate surface area is 122 Å². The molecule has 0 heterocycles. The molecule has 4 heteroatoms. The minimum atomic E-state index is 0.244. The number of nitrogen functional groups attached to an aromatic ring is 1. The molecule has 0 saturated carbocycles. The number of nitrogens with two attached hydrogens (primary N) is 1. The molecule has 1 aromatic carbocycles. The number of rotatable bonds is 10. The summed E-state index contributed by atoms with van der Waals surface area (Å²) in [5.41, 5.74) is 7.58. The lowest BCUT2D eigenvalue weighted by Gasteiger charge is -2.17. The summed E-state index contributed by atoms with van der Waals surface area (Å²) in [5.74, 6) is 1.30. The van der Waals surface area contributed by atoms with Gasteiger partial charge in [-0.1, -0.05) is 20.3 Å². The van der Waals surface area contributed by atoms with Crippen LogP contribution in [0, 0.1) is 5.92 Å². The summed E-state index contributed by atoms with van der Waals surface area (Å²) in [5, 5.41) is 12.5. The number of anilines is 2. The summed E-state index contributed by atoms with van der Waals surface area (Å²) in [6.45, 7) is 6.04. The Hall–Kier alpha value is -1.42. The van der Waals surface area contributed by atoms with Crippen LogP contribution in [0.5, 0.6) is 5.75 Å². The van der Waals surface area contributed by atoms with E-state index in [1.54, 1.807) is 0 Å². The number of aliphatic hydroxyl groups excluding tert-OH is 1.